The van der Waals surface area contributed by atoms with Gasteiger partial charge in [-0.25, -0.2) is 4.79 Å². The van der Waals surface area contributed by atoms with Gasteiger partial charge in [0.1, 0.15) is 5.69 Å². The molecule has 0 aliphatic carbocycles. The lowest BCUT2D eigenvalue weighted by Crippen LogP contribution is -2.27. The second-order valence-corrected chi connectivity index (χ2v) is 6.04. The molecule has 1 aromatic carbocycles. The number of hydrogen-bond acceptors (Lipinski definition) is 4. The number of hydrogen-bond donors (Lipinski definition) is 3. The molecule has 3 aromatic rings. The number of aromatic nitrogens is 2. The van der Waals surface area contributed by atoms with E-state index in [-0.39, 0.29) is 12.5 Å². The van der Waals surface area contributed by atoms with Gasteiger partial charge < -0.3 is 15.7 Å². The molecule has 0 bridgehead atoms. The molecule has 2 heterocycles. The van der Waals surface area contributed by atoms with Crippen molar-refractivity contribution in [3.05, 3.63) is 83.9 Å². The number of carbonyl (C=O) groups is 2. The molecule has 0 saturated heterocycles. The second-order valence-electron chi connectivity index (χ2n) is 6.04. The summed E-state index contributed by atoms with van der Waals surface area (Å²) in [5.41, 5.74) is 3.38. The van der Waals surface area contributed by atoms with E-state index in [9.17, 15) is 9.59 Å². The van der Waals surface area contributed by atoms with Crippen LogP contribution in [0.25, 0.3) is 11.1 Å². The topological polar surface area (TPSA) is 104 Å². The maximum absolute atomic E-state index is 12.7. The van der Waals surface area contributed by atoms with Crippen LogP contribution >= 0.6 is 0 Å². The highest BCUT2D eigenvalue weighted by Gasteiger charge is 2.16. The van der Waals surface area contributed by atoms with Crippen molar-refractivity contribution in [2.24, 2.45) is 0 Å². The van der Waals surface area contributed by atoms with Crippen LogP contribution in [0.4, 0.5) is 4.79 Å². The molecule has 3 rings (SSSR count). The van der Waals surface area contributed by atoms with E-state index in [1.807, 2.05) is 42.5 Å². The van der Waals surface area contributed by atoms with Crippen molar-refractivity contribution in [1.29, 1.82) is 0 Å². The van der Waals surface area contributed by atoms with Crippen molar-refractivity contribution in [2.45, 2.75) is 13.0 Å². The minimum absolute atomic E-state index is 0.140. The van der Waals surface area contributed by atoms with Gasteiger partial charge in [-0.1, -0.05) is 36.4 Å². The fraction of sp³-hybridized carbons (Fsp3) is 0.143. The van der Waals surface area contributed by atoms with E-state index in [1.54, 1.807) is 24.5 Å². The van der Waals surface area contributed by atoms with E-state index in [2.05, 4.69) is 20.6 Å². The molecule has 0 fully saturated rings. The van der Waals surface area contributed by atoms with Gasteiger partial charge in [0.2, 0.25) is 0 Å². The van der Waals surface area contributed by atoms with E-state index in [4.69, 9.17) is 5.11 Å². The normalized spacial score (nSPS) is 10.3. The van der Waals surface area contributed by atoms with Crippen LogP contribution in [0.3, 0.4) is 0 Å². The number of carboxylic acid groups (broad SMARTS) is 1. The average Bonchev–Trinajstić information content (AvgIpc) is 2.73. The molecular weight excluding hydrogens is 356 g/mol. The Hall–Kier alpha value is -3.74. The third-order valence-corrected chi connectivity index (χ3v) is 4.15. The Kier molecular flexibility index (Phi) is 6.30. The molecule has 2 aromatic heterocycles. The van der Waals surface area contributed by atoms with Gasteiger partial charge in [0.25, 0.3) is 5.91 Å². The highest BCUT2D eigenvalue weighted by Crippen LogP contribution is 2.26. The Labute approximate surface area is 162 Å². The maximum Gasteiger partial charge on any atom is 0.404 e. The molecule has 0 radical (unpaired) electrons. The Morgan fingerprint density at radius 2 is 1.61 bits per heavy atom. The van der Waals surface area contributed by atoms with Crippen molar-refractivity contribution < 1.29 is 14.7 Å². The first-order valence-electron chi connectivity index (χ1n) is 8.83. The minimum Gasteiger partial charge on any atom is -0.465 e. The molecule has 7 heteroatoms. The molecule has 0 aliphatic rings. The monoisotopic (exact) mass is 376 g/mol. The minimum atomic E-state index is -1.10. The van der Waals surface area contributed by atoms with Crippen molar-refractivity contribution in [1.82, 2.24) is 20.6 Å². The Bertz CT molecular complexity index is 961. The average molecular weight is 376 g/mol. The standard InChI is InChI=1S/C21H20N4O3/c26-20(24-13-10-16-7-3-4-11-22-16)19-18(9-5-12-23-19)17-8-2-1-6-15(17)14-25-21(27)28/h1-9,11-12,25H,10,13-14H2,(H,24,26)(H,27,28). The highest BCUT2D eigenvalue weighted by molar-refractivity contribution is 5.99. The fourth-order valence-corrected chi connectivity index (χ4v) is 2.85. The Morgan fingerprint density at radius 1 is 0.857 bits per heavy atom. The van der Waals surface area contributed by atoms with Crippen molar-refractivity contribution in [2.75, 3.05) is 6.54 Å². The number of amides is 2. The molecule has 142 valence electrons. The molecule has 0 saturated carbocycles. The summed E-state index contributed by atoms with van der Waals surface area (Å²) in [5, 5.41) is 14.1. The fourth-order valence-electron chi connectivity index (χ4n) is 2.85. The van der Waals surface area contributed by atoms with E-state index in [1.165, 1.54) is 0 Å². The first kappa shape index (κ1) is 19.0. The molecular formula is C21H20N4O3. The third-order valence-electron chi connectivity index (χ3n) is 4.15. The van der Waals surface area contributed by atoms with Crippen LogP contribution in [0, 0.1) is 0 Å². The van der Waals surface area contributed by atoms with E-state index in [0.717, 1.165) is 16.8 Å². The number of pyridine rings is 2. The first-order valence-corrected chi connectivity index (χ1v) is 8.83. The van der Waals surface area contributed by atoms with Crippen LogP contribution in [0.5, 0.6) is 0 Å². The largest absolute Gasteiger partial charge is 0.465 e. The number of nitrogens with zero attached hydrogens (tertiary/aromatic N) is 2. The van der Waals surface area contributed by atoms with E-state index >= 15 is 0 Å². The van der Waals surface area contributed by atoms with Crippen LogP contribution in [0.2, 0.25) is 0 Å². The second kappa shape index (κ2) is 9.27. The summed E-state index contributed by atoms with van der Waals surface area (Å²) in [6, 6.07) is 16.6. The van der Waals surface area contributed by atoms with Gasteiger partial charge in [-0.15, -0.1) is 0 Å². The summed E-state index contributed by atoms with van der Waals surface area (Å²) in [6.45, 7) is 0.579. The van der Waals surface area contributed by atoms with Gasteiger partial charge in [0.05, 0.1) is 0 Å². The molecule has 0 aliphatic heterocycles. The van der Waals surface area contributed by atoms with Gasteiger partial charge in [0.15, 0.2) is 0 Å². The summed E-state index contributed by atoms with van der Waals surface area (Å²) in [7, 11) is 0. The van der Waals surface area contributed by atoms with Crippen molar-refractivity contribution in [3.8, 4) is 11.1 Å². The van der Waals surface area contributed by atoms with Gasteiger partial charge in [0, 0.05) is 43.2 Å². The lowest BCUT2D eigenvalue weighted by Gasteiger charge is -2.13. The zero-order valence-corrected chi connectivity index (χ0v) is 15.1. The first-order chi connectivity index (χ1) is 13.6. The summed E-state index contributed by atoms with van der Waals surface area (Å²) >= 11 is 0. The van der Waals surface area contributed by atoms with E-state index < -0.39 is 6.09 Å². The molecule has 0 atom stereocenters. The molecule has 2 amide bonds. The summed E-state index contributed by atoms with van der Waals surface area (Å²) in [6.07, 6.45) is 2.80. The van der Waals surface area contributed by atoms with Crippen LogP contribution in [-0.4, -0.2) is 33.6 Å². The number of carbonyl (C=O) groups excluding carboxylic acids is 1. The molecule has 28 heavy (non-hydrogen) atoms. The number of benzene rings is 1. The highest BCUT2D eigenvalue weighted by atomic mass is 16.4. The maximum atomic E-state index is 12.7. The molecule has 0 spiro atoms. The quantitative estimate of drug-likeness (QED) is 0.588. The summed E-state index contributed by atoms with van der Waals surface area (Å²) in [5.74, 6) is -0.285. The van der Waals surface area contributed by atoms with Crippen LogP contribution in [-0.2, 0) is 13.0 Å². The zero-order chi connectivity index (χ0) is 19.8. The predicted octanol–water partition coefficient (Wildman–Crippen LogP) is 2.88. The smallest absolute Gasteiger partial charge is 0.404 e. The SMILES string of the molecule is O=C(O)NCc1ccccc1-c1cccnc1C(=O)NCCc1ccccn1. The number of rotatable bonds is 7. The van der Waals surface area contributed by atoms with Gasteiger partial charge in [-0.3, -0.25) is 14.8 Å². The molecule has 0 unspecified atom stereocenters. The van der Waals surface area contributed by atoms with Gasteiger partial charge >= 0.3 is 6.09 Å². The van der Waals surface area contributed by atoms with Crippen LogP contribution < -0.4 is 10.6 Å². The summed E-state index contributed by atoms with van der Waals surface area (Å²) < 4.78 is 0. The lowest BCUT2D eigenvalue weighted by atomic mass is 9.98. The van der Waals surface area contributed by atoms with Crippen molar-refractivity contribution in [3.63, 3.8) is 0 Å². The van der Waals surface area contributed by atoms with Crippen molar-refractivity contribution >= 4 is 12.0 Å². The Balaban J connectivity index is 1.78. The number of nitrogens with one attached hydrogen (secondary N) is 2. The van der Waals surface area contributed by atoms with E-state index in [0.29, 0.717) is 24.2 Å². The van der Waals surface area contributed by atoms with Gasteiger partial charge in [-0.05, 0) is 29.3 Å². The predicted molar refractivity (Wildman–Crippen MR) is 105 cm³/mol. The molecule has 3 N–H and O–H groups in total. The van der Waals surface area contributed by atoms with Crippen LogP contribution in [0.1, 0.15) is 21.7 Å². The lowest BCUT2D eigenvalue weighted by molar-refractivity contribution is 0.0949. The third kappa shape index (κ3) is 4.91. The zero-order valence-electron chi connectivity index (χ0n) is 15.1. The van der Waals surface area contributed by atoms with Gasteiger partial charge in [-0.2, -0.15) is 0 Å². The Morgan fingerprint density at radius 3 is 2.39 bits per heavy atom. The molecule has 7 nitrogen and oxygen atoms in total. The summed E-state index contributed by atoms with van der Waals surface area (Å²) in [4.78, 5) is 32.0. The van der Waals surface area contributed by atoms with Crippen LogP contribution in [0.15, 0.2) is 67.0 Å².